The standard InChI is InChI=1S/C23H20Cl2N2O4S/c1-15-12-18(32(29,30)27-11-10-16-4-2-3-5-21(16)27)7-9-22(15)31-14-23(28)26-17-6-8-19(24)20(25)13-17/h2-9,12-13H,10-11,14H2,1H3,(H,26,28). The van der Waals surface area contributed by atoms with Crippen molar-refractivity contribution in [1.29, 1.82) is 0 Å². The fourth-order valence-corrected chi connectivity index (χ4v) is 5.43. The van der Waals surface area contributed by atoms with E-state index in [1.807, 2.05) is 24.3 Å². The smallest absolute Gasteiger partial charge is 0.264 e. The maximum Gasteiger partial charge on any atom is 0.264 e. The maximum atomic E-state index is 13.2. The summed E-state index contributed by atoms with van der Waals surface area (Å²) in [4.78, 5) is 12.4. The number of rotatable bonds is 6. The molecule has 1 heterocycles. The highest BCUT2D eigenvalue weighted by atomic mass is 35.5. The van der Waals surface area contributed by atoms with Crippen LogP contribution in [0.5, 0.6) is 5.75 Å². The van der Waals surface area contributed by atoms with Gasteiger partial charge in [-0.05, 0) is 66.9 Å². The van der Waals surface area contributed by atoms with E-state index < -0.39 is 10.0 Å². The number of amides is 1. The molecule has 0 aliphatic carbocycles. The summed E-state index contributed by atoms with van der Waals surface area (Å²) >= 11 is 11.8. The minimum Gasteiger partial charge on any atom is -0.483 e. The molecule has 6 nitrogen and oxygen atoms in total. The predicted octanol–water partition coefficient (Wildman–Crippen LogP) is 5.07. The van der Waals surface area contributed by atoms with Gasteiger partial charge in [0, 0.05) is 12.2 Å². The van der Waals surface area contributed by atoms with E-state index in [0.717, 1.165) is 5.56 Å². The number of carbonyl (C=O) groups excluding carboxylic acids is 1. The first kappa shape index (κ1) is 22.5. The summed E-state index contributed by atoms with van der Waals surface area (Å²) < 4.78 is 33.4. The average molecular weight is 491 g/mol. The van der Waals surface area contributed by atoms with E-state index in [4.69, 9.17) is 27.9 Å². The van der Waals surface area contributed by atoms with Crippen LogP contribution in [-0.4, -0.2) is 27.5 Å². The molecule has 3 aromatic carbocycles. The van der Waals surface area contributed by atoms with Crippen molar-refractivity contribution >= 4 is 50.5 Å². The second-order valence-electron chi connectivity index (χ2n) is 7.35. The van der Waals surface area contributed by atoms with Crippen molar-refractivity contribution in [1.82, 2.24) is 0 Å². The van der Waals surface area contributed by atoms with Gasteiger partial charge < -0.3 is 10.1 Å². The van der Waals surface area contributed by atoms with Crippen molar-refractivity contribution in [2.75, 3.05) is 22.8 Å². The summed E-state index contributed by atoms with van der Waals surface area (Å²) in [6.45, 7) is 1.91. The average Bonchev–Trinajstić information content (AvgIpc) is 3.20. The zero-order chi connectivity index (χ0) is 22.9. The lowest BCUT2D eigenvalue weighted by Gasteiger charge is -2.20. The highest BCUT2D eigenvalue weighted by molar-refractivity contribution is 7.92. The molecule has 0 atom stereocenters. The monoisotopic (exact) mass is 490 g/mol. The molecule has 0 saturated heterocycles. The lowest BCUT2D eigenvalue weighted by atomic mass is 10.2. The van der Waals surface area contributed by atoms with Crippen LogP contribution >= 0.6 is 23.2 Å². The second kappa shape index (κ2) is 9.02. The number of para-hydroxylation sites is 1. The molecule has 32 heavy (non-hydrogen) atoms. The van der Waals surface area contributed by atoms with Gasteiger partial charge in [-0.2, -0.15) is 0 Å². The Morgan fingerprint density at radius 3 is 2.59 bits per heavy atom. The van der Waals surface area contributed by atoms with Crippen molar-refractivity contribution in [3.63, 3.8) is 0 Å². The molecule has 1 aliphatic heterocycles. The Hall–Kier alpha value is -2.74. The summed E-state index contributed by atoms with van der Waals surface area (Å²) in [6.07, 6.45) is 0.684. The van der Waals surface area contributed by atoms with Crippen LogP contribution in [0.4, 0.5) is 11.4 Å². The van der Waals surface area contributed by atoms with Gasteiger partial charge in [0.15, 0.2) is 6.61 Å². The first-order valence-corrected chi connectivity index (χ1v) is 12.0. The zero-order valence-electron chi connectivity index (χ0n) is 17.1. The molecule has 0 aromatic heterocycles. The van der Waals surface area contributed by atoms with Gasteiger partial charge in [0.05, 0.1) is 20.6 Å². The molecule has 0 unspecified atom stereocenters. The second-order valence-corrected chi connectivity index (χ2v) is 10.0. The van der Waals surface area contributed by atoms with Crippen molar-refractivity contribution in [2.24, 2.45) is 0 Å². The normalized spacial score (nSPS) is 13.0. The summed E-state index contributed by atoms with van der Waals surface area (Å²) in [7, 11) is -3.70. The molecule has 0 fully saturated rings. The fraction of sp³-hybridized carbons (Fsp3) is 0.174. The van der Waals surface area contributed by atoms with Gasteiger partial charge >= 0.3 is 0 Å². The highest BCUT2D eigenvalue weighted by Crippen LogP contribution is 2.33. The number of halogens is 2. The Morgan fingerprint density at radius 1 is 1.06 bits per heavy atom. The third-order valence-electron chi connectivity index (χ3n) is 5.14. The number of hydrogen-bond donors (Lipinski definition) is 1. The molecule has 4 rings (SSSR count). The summed E-state index contributed by atoms with van der Waals surface area (Å²) in [6, 6.07) is 16.9. The van der Waals surface area contributed by atoms with Gasteiger partial charge in [0.25, 0.3) is 15.9 Å². The minimum atomic E-state index is -3.70. The predicted molar refractivity (Wildman–Crippen MR) is 126 cm³/mol. The van der Waals surface area contributed by atoms with Crippen LogP contribution in [0, 0.1) is 6.92 Å². The fourth-order valence-electron chi connectivity index (χ4n) is 3.54. The summed E-state index contributed by atoms with van der Waals surface area (Å²) in [5.74, 6) is 0.0446. The van der Waals surface area contributed by atoms with E-state index in [0.29, 0.717) is 45.7 Å². The lowest BCUT2D eigenvalue weighted by Crippen LogP contribution is -2.29. The Bertz CT molecular complexity index is 1290. The van der Waals surface area contributed by atoms with Crippen LogP contribution in [0.3, 0.4) is 0 Å². The molecule has 0 spiro atoms. The molecule has 1 amide bonds. The van der Waals surface area contributed by atoms with Crippen LogP contribution in [0.25, 0.3) is 0 Å². The number of benzene rings is 3. The Labute approximate surface area is 196 Å². The van der Waals surface area contributed by atoms with Gasteiger partial charge in [-0.15, -0.1) is 0 Å². The van der Waals surface area contributed by atoms with Crippen LogP contribution in [0.15, 0.2) is 65.6 Å². The first-order valence-electron chi connectivity index (χ1n) is 9.85. The molecule has 9 heteroatoms. The van der Waals surface area contributed by atoms with Gasteiger partial charge in [-0.3, -0.25) is 9.10 Å². The molecular formula is C23H20Cl2N2O4S. The Balaban J connectivity index is 1.44. The molecule has 0 radical (unpaired) electrons. The van der Waals surface area contributed by atoms with Crippen LogP contribution in [0.1, 0.15) is 11.1 Å². The minimum absolute atomic E-state index is 0.180. The Morgan fingerprint density at radius 2 is 1.84 bits per heavy atom. The number of sulfonamides is 1. The van der Waals surface area contributed by atoms with Gasteiger partial charge in [0.1, 0.15) is 5.75 Å². The van der Waals surface area contributed by atoms with E-state index in [-0.39, 0.29) is 17.4 Å². The van der Waals surface area contributed by atoms with E-state index in [1.54, 1.807) is 37.3 Å². The van der Waals surface area contributed by atoms with E-state index in [2.05, 4.69) is 5.32 Å². The Kier molecular flexibility index (Phi) is 6.33. The third kappa shape index (κ3) is 4.55. The number of carbonyl (C=O) groups is 1. The molecule has 0 saturated carbocycles. The number of aryl methyl sites for hydroxylation is 1. The van der Waals surface area contributed by atoms with Crippen molar-refractivity contribution in [2.45, 2.75) is 18.2 Å². The maximum absolute atomic E-state index is 13.2. The number of fused-ring (bicyclic) bond motifs is 1. The van der Waals surface area contributed by atoms with Crippen molar-refractivity contribution < 1.29 is 17.9 Å². The first-order chi connectivity index (χ1) is 15.3. The van der Waals surface area contributed by atoms with Crippen LogP contribution < -0.4 is 14.4 Å². The quantitative estimate of drug-likeness (QED) is 0.523. The van der Waals surface area contributed by atoms with Crippen LogP contribution in [0.2, 0.25) is 10.0 Å². The molecule has 3 aromatic rings. The lowest BCUT2D eigenvalue weighted by molar-refractivity contribution is -0.118. The summed E-state index contributed by atoms with van der Waals surface area (Å²) in [5.41, 5.74) is 2.84. The number of anilines is 2. The number of nitrogens with zero attached hydrogens (tertiary/aromatic N) is 1. The van der Waals surface area contributed by atoms with Gasteiger partial charge in [-0.1, -0.05) is 41.4 Å². The van der Waals surface area contributed by atoms with E-state index >= 15 is 0 Å². The highest BCUT2D eigenvalue weighted by Gasteiger charge is 2.30. The van der Waals surface area contributed by atoms with E-state index in [9.17, 15) is 13.2 Å². The number of ether oxygens (including phenoxy) is 1. The van der Waals surface area contributed by atoms with Crippen molar-refractivity contribution in [3.05, 3.63) is 81.8 Å². The zero-order valence-corrected chi connectivity index (χ0v) is 19.5. The molecule has 1 N–H and O–H groups in total. The molecule has 0 bridgehead atoms. The third-order valence-corrected chi connectivity index (χ3v) is 7.69. The van der Waals surface area contributed by atoms with Gasteiger partial charge in [0.2, 0.25) is 0 Å². The number of nitrogens with one attached hydrogen (secondary N) is 1. The summed E-state index contributed by atoms with van der Waals surface area (Å²) in [5, 5.41) is 3.40. The van der Waals surface area contributed by atoms with E-state index in [1.165, 1.54) is 10.4 Å². The SMILES string of the molecule is Cc1cc(S(=O)(=O)N2CCc3ccccc32)ccc1OCC(=O)Nc1ccc(Cl)c(Cl)c1. The molecule has 1 aliphatic rings. The van der Waals surface area contributed by atoms with Gasteiger partial charge in [-0.25, -0.2) is 8.42 Å². The molecule has 166 valence electrons. The van der Waals surface area contributed by atoms with Crippen LogP contribution in [-0.2, 0) is 21.2 Å². The molecular weight excluding hydrogens is 471 g/mol. The largest absolute Gasteiger partial charge is 0.483 e. The van der Waals surface area contributed by atoms with Crippen molar-refractivity contribution in [3.8, 4) is 5.75 Å². The topological polar surface area (TPSA) is 75.7 Å². The number of hydrogen-bond acceptors (Lipinski definition) is 4.